The van der Waals surface area contributed by atoms with Crippen LogP contribution in [0.15, 0.2) is 6.07 Å². The number of alkyl halides is 6. The molecule has 1 heterocycles. The highest BCUT2D eigenvalue weighted by Crippen LogP contribution is 2.36. The summed E-state index contributed by atoms with van der Waals surface area (Å²) in [5, 5.41) is 8.51. The fraction of sp³-hybridized carbons (Fsp3) is 0.333. The van der Waals surface area contributed by atoms with Gasteiger partial charge in [-0.2, -0.15) is 13.2 Å². The van der Waals surface area contributed by atoms with Crippen molar-refractivity contribution in [2.24, 2.45) is 0 Å². The summed E-state index contributed by atoms with van der Waals surface area (Å²) in [7, 11) is 0. The Balaban J connectivity index is 3.38. The second-order valence-electron chi connectivity index (χ2n) is 3.38. The third-order valence-electron chi connectivity index (χ3n) is 1.82. The lowest BCUT2D eigenvalue weighted by molar-refractivity contribution is -0.275. The van der Waals surface area contributed by atoms with Crippen LogP contribution in [0.25, 0.3) is 0 Å². The number of ether oxygens (including phenoxy) is 1. The number of carboxylic acid groups (broad SMARTS) is 1. The molecule has 0 fully saturated rings. The summed E-state index contributed by atoms with van der Waals surface area (Å²) in [4.78, 5) is 13.4. The molecule has 0 radical (unpaired) electrons. The molecule has 0 aromatic carbocycles. The van der Waals surface area contributed by atoms with Gasteiger partial charge >= 0.3 is 18.5 Å². The SMILES string of the molecule is O=C(O)Cc1nc(C(F)(F)F)cc(I)c1OC(F)(F)F. The molecule has 0 spiro atoms. The smallest absolute Gasteiger partial charge is 0.481 e. The molecule has 1 N–H and O–H groups in total. The van der Waals surface area contributed by atoms with Gasteiger partial charge in [0.15, 0.2) is 5.75 Å². The molecule has 0 amide bonds. The number of halogens is 7. The van der Waals surface area contributed by atoms with Crippen molar-refractivity contribution in [3.05, 3.63) is 21.0 Å². The molecular weight excluding hydrogens is 411 g/mol. The zero-order chi connectivity index (χ0) is 15.7. The molecule has 0 saturated carbocycles. The minimum Gasteiger partial charge on any atom is -0.481 e. The fourth-order valence-electron chi connectivity index (χ4n) is 1.18. The number of nitrogens with zero attached hydrogens (tertiary/aromatic N) is 1. The Labute approximate surface area is 120 Å². The van der Waals surface area contributed by atoms with Gasteiger partial charge in [-0.25, -0.2) is 4.98 Å². The highest BCUT2D eigenvalue weighted by molar-refractivity contribution is 14.1. The van der Waals surface area contributed by atoms with E-state index in [0.29, 0.717) is 6.07 Å². The van der Waals surface area contributed by atoms with Crippen LogP contribution in [0.5, 0.6) is 5.75 Å². The van der Waals surface area contributed by atoms with Crippen LogP contribution in [0, 0.1) is 3.57 Å². The van der Waals surface area contributed by atoms with E-state index in [1.165, 1.54) is 22.6 Å². The Hall–Kier alpha value is -1.27. The quantitative estimate of drug-likeness (QED) is 0.609. The first-order chi connectivity index (χ1) is 8.90. The average molecular weight is 415 g/mol. The first kappa shape index (κ1) is 16.8. The molecule has 1 rings (SSSR count). The number of hydrogen-bond donors (Lipinski definition) is 1. The number of carbonyl (C=O) groups is 1. The van der Waals surface area contributed by atoms with Crippen LogP contribution in [0.4, 0.5) is 26.3 Å². The summed E-state index contributed by atoms with van der Waals surface area (Å²) in [6.07, 6.45) is -11.2. The molecular formula is C9H4F6INO3. The Morgan fingerprint density at radius 3 is 2.25 bits per heavy atom. The molecule has 4 nitrogen and oxygen atoms in total. The van der Waals surface area contributed by atoms with E-state index in [1.54, 1.807) is 0 Å². The zero-order valence-electron chi connectivity index (χ0n) is 9.14. The lowest BCUT2D eigenvalue weighted by Crippen LogP contribution is -2.21. The minimum atomic E-state index is -5.17. The molecule has 0 unspecified atom stereocenters. The van der Waals surface area contributed by atoms with E-state index in [-0.39, 0.29) is 0 Å². The van der Waals surface area contributed by atoms with Crippen LogP contribution in [0.1, 0.15) is 11.4 Å². The number of aromatic nitrogens is 1. The molecule has 0 aliphatic rings. The molecule has 1 aromatic heterocycles. The molecule has 0 atom stereocenters. The van der Waals surface area contributed by atoms with E-state index in [4.69, 9.17) is 5.11 Å². The lowest BCUT2D eigenvalue weighted by Gasteiger charge is -2.15. The van der Waals surface area contributed by atoms with Gasteiger partial charge in [0.25, 0.3) is 0 Å². The van der Waals surface area contributed by atoms with Crippen molar-refractivity contribution in [3.8, 4) is 5.75 Å². The monoisotopic (exact) mass is 415 g/mol. The third-order valence-corrected chi connectivity index (χ3v) is 2.63. The van der Waals surface area contributed by atoms with Crippen molar-refractivity contribution >= 4 is 28.6 Å². The minimum absolute atomic E-state index is 0.340. The van der Waals surface area contributed by atoms with Gasteiger partial charge < -0.3 is 9.84 Å². The maximum Gasteiger partial charge on any atom is 0.573 e. The van der Waals surface area contributed by atoms with Crippen molar-refractivity contribution in [2.45, 2.75) is 19.0 Å². The van der Waals surface area contributed by atoms with Crippen LogP contribution in [-0.2, 0) is 17.4 Å². The topological polar surface area (TPSA) is 59.4 Å². The second kappa shape index (κ2) is 5.61. The van der Waals surface area contributed by atoms with Gasteiger partial charge in [-0.15, -0.1) is 13.2 Å². The predicted molar refractivity (Wildman–Crippen MR) is 60.0 cm³/mol. The normalized spacial score (nSPS) is 12.3. The highest BCUT2D eigenvalue weighted by atomic mass is 127. The summed E-state index contributed by atoms with van der Waals surface area (Å²) in [6, 6.07) is 0.340. The van der Waals surface area contributed by atoms with E-state index in [9.17, 15) is 31.1 Å². The van der Waals surface area contributed by atoms with E-state index < -0.39 is 45.6 Å². The van der Waals surface area contributed by atoms with Crippen molar-refractivity contribution in [3.63, 3.8) is 0 Å². The first-order valence-electron chi connectivity index (χ1n) is 4.64. The van der Waals surface area contributed by atoms with Crippen LogP contribution < -0.4 is 4.74 Å². The summed E-state index contributed by atoms with van der Waals surface area (Å²) in [5.74, 6) is -2.69. The summed E-state index contributed by atoms with van der Waals surface area (Å²) < 4.78 is 76.9. The van der Waals surface area contributed by atoms with Gasteiger partial charge in [0.2, 0.25) is 0 Å². The van der Waals surface area contributed by atoms with Crippen LogP contribution in [0.2, 0.25) is 0 Å². The van der Waals surface area contributed by atoms with Gasteiger partial charge in [0.1, 0.15) is 5.69 Å². The van der Waals surface area contributed by atoms with Gasteiger partial charge in [-0.05, 0) is 28.7 Å². The zero-order valence-corrected chi connectivity index (χ0v) is 11.3. The van der Waals surface area contributed by atoms with Crippen molar-refractivity contribution < 1.29 is 41.0 Å². The Kier molecular flexibility index (Phi) is 4.71. The summed E-state index contributed by atoms with van der Waals surface area (Å²) in [6.45, 7) is 0. The number of aliphatic carboxylic acids is 1. The molecule has 20 heavy (non-hydrogen) atoms. The molecule has 112 valence electrons. The van der Waals surface area contributed by atoms with E-state index >= 15 is 0 Å². The summed E-state index contributed by atoms with van der Waals surface area (Å²) >= 11 is 1.18. The molecule has 0 bridgehead atoms. The van der Waals surface area contributed by atoms with Crippen molar-refractivity contribution in [1.82, 2.24) is 4.98 Å². The van der Waals surface area contributed by atoms with E-state index in [2.05, 4.69) is 9.72 Å². The average Bonchev–Trinajstić information content (AvgIpc) is 2.18. The van der Waals surface area contributed by atoms with Gasteiger partial charge in [0.05, 0.1) is 15.7 Å². The molecule has 1 aromatic rings. The number of carboxylic acids is 1. The highest BCUT2D eigenvalue weighted by Gasteiger charge is 2.37. The summed E-state index contributed by atoms with van der Waals surface area (Å²) in [5.41, 5.74) is -2.44. The Bertz CT molecular complexity index is 528. The van der Waals surface area contributed by atoms with Gasteiger partial charge in [-0.3, -0.25) is 4.79 Å². The maximum atomic E-state index is 12.5. The third kappa shape index (κ3) is 4.68. The fourth-order valence-corrected chi connectivity index (χ4v) is 1.90. The maximum absolute atomic E-state index is 12.5. The van der Waals surface area contributed by atoms with Crippen LogP contribution >= 0.6 is 22.6 Å². The van der Waals surface area contributed by atoms with Gasteiger partial charge in [0, 0.05) is 0 Å². The number of hydrogen-bond acceptors (Lipinski definition) is 3. The van der Waals surface area contributed by atoms with Gasteiger partial charge in [-0.1, -0.05) is 0 Å². The molecule has 11 heteroatoms. The Morgan fingerprint density at radius 1 is 1.30 bits per heavy atom. The predicted octanol–water partition coefficient (Wildman–Crippen LogP) is 3.23. The van der Waals surface area contributed by atoms with Crippen LogP contribution in [-0.4, -0.2) is 22.4 Å². The second-order valence-corrected chi connectivity index (χ2v) is 4.54. The number of pyridine rings is 1. The van der Waals surface area contributed by atoms with Crippen LogP contribution in [0.3, 0.4) is 0 Å². The molecule has 0 aliphatic carbocycles. The van der Waals surface area contributed by atoms with Crippen molar-refractivity contribution in [1.29, 1.82) is 0 Å². The first-order valence-corrected chi connectivity index (χ1v) is 5.72. The Morgan fingerprint density at radius 2 is 1.85 bits per heavy atom. The standard InChI is InChI=1S/C9H4F6INO3/c10-8(11,12)5-1-3(16)7(20-9(13,14)15)4(17-5)2-6(18)19/h1H,2H2,(H,18,19). The molecule has 0 saturated heterocycles. The van der Waals surface area contributed by atoms with Crippen molar-refractivity contribution in [2.75, 3.05) is 0 Å². The molecule has 0 aliphatic heterocycles. The van der Waals surface area contributed by atoms with E-state index in [0.717, 1.165) is 0 Å². The lowest BCUT2D eigenvalue weighted by atomic mass is 10.2. The number of rotatable bonds is 3. The largest absolute Gasteiger partial charge is 0.573 e. The van der Waals surface area contributed by atoms with E-state index in [1.807, 2.05) is 0 Å².